The van der Waals surface area contributed by atoms with Crippen molar-refractivity contribution in [2.75, 3.05) is 13.7 Å². The van der Waals surface area contributed by atoms with Gasteiger partial charge in [0, 0.05) is 6.04 Å². The Morgan fingerprint density at radius 2 is 1.95 bits per heavy atom. The van der Waals surface area contributed by atoms with Crippen molar-refractivity contribution in [1.82, 2.24) is 5.32 Å². The summed E-state index contributed by atoms with van der Waals surface area (Å²) in [5.74, 6) is 1.05. The molecule has 0 heterocycles. The summed E-state index contributed by atoms with van der Waals surface area (Å²) in [6, 6.07) is 7.15. The Labute approximate surface area is 123 Å². The van der Waals surface area contributed by atoms with Gasteiger partial charge in [-0.1, -0.05) is 45.1 Å². The molecule has 20 heavy (non-hydrogen) atoms. The molecule has 1 atom stereocenters. The fourth-order valence-corrected chi connectivity index (χ4v) is 3.06. The predicted molar refractivity (Wildman–Crippen MR) is 85.4 cm³/mol. The van der Waals surface area contributed by atoms with Crippen molar-refractivity contribution in [2.24, 2.45) is 0 Å². The molecular formula is C18H29NO. The van der Waals surface area contributed by atoms with E-state index in [0.29, 0.717) is 6.04 Å². The van der Waals surface area contributed by atoms with E-state index in [-0.39, 0.29) is 0 Å². The minimum Gasteiger partial charge on any atom is -0.494 e. The third-order valence-electron chi connectivity index (χ3n) is 4.31. The van der Waals surface area contributed by atoms with Gasteiger partial charge in [0.15, 0.2) is 0 Å². The van der Waals surface area contributed by atoms with E-state index >= 15 is 0 Å². The van der Waals surface area contributed by atoms with E-state index in [1.54, 1.807) is 0 Å². The molecule has 1 aliphatic rings. The lowest BCUT2D eigenvalue weighted by Crippen LogP contribution is -2.12. The number of rotatable bonds is 9. The van der Waals surface area contributed by atoms with Crippen molar-refractivity contribution >= 4 is 0 Å². The van der Waals surface area contributed by atoms with Crippen LogP contribution in [0.1, 0.15) is 69.0 Å². The number of hydrogen-bond acceptors (Lipinski definition) is 2. The minimum atomic E-state index is 0.539. The van der Waals surface area contributed by atoms with Crippen LogP contribution in [0.15, 0.2) is 18.2 Å². The second-order valence-electron chi connectivity index (χ2n) is 5.86. The normalized spacial score (nSPS) is 17.2. The zero-order valence-corrected chi connectivity index (χ0v) is 13.1. The third kappa shape index (κ3) is 4.24. The first-order valence-corrected chi connectivity index (χ1v) is 8.28. The molecule has 0 saturated heterocycles. The van der Waals surface area contributed by atoms with E-state index in [4.69, 9.17) is 4.74 Å². The second kappa shape index (κ2) is 8.31. The summed E-state index contributed by atoms with van der Waals surface area (Å²) in [4.78, 5) is 0. The van der Waals surface area contributed by atoms with Crippen molar-refractivity contribution in [2.45, 2.75) is 64.3 Å². The van der Waals surface area contributed by atoms with Crippen molar-refractivity contribution in [3.05, 3.63) is 29.3 Å². The Hall–Kier alpha value is -1.02. The Morgan fingerprint density at radius 1 is 1.15 bits per heavy atom. The van der Waals surface area contributed by atoms with Crippen LogP contribution in [0.3, 0.4) is 0 Å². The van der Waals surface area contributed by atoms with Gasteiger partial charge < -0.3 is 10.1 Å². The highest BCUT2D eigenvalue weighted by Crippen LogP contribution is 2.33. The predicted octanol–water partition coefficient (Wildman–Crippen LogP) is 4.63. The van der Waals surface area contributed by atoms with E-state index in [1.165, 1.54) is 62.5 Å². The highest BCUT2D eigenvalue weighted by molar-refractivity contribution is 5.40. The van der Waals surface area contributed by atoms with Crippen LogP contribution in [0.5, 0.6) is 5.75 Å². The van der Waals surface area contributed by atoms with Gasteiger partial charge in [-0.05, 0) is 49.6 Å². The quantitative estimate of drug-likeness (QED) is 0.663. The number of fused-ring (bicyclic) bond motifs is 1. The number of aryl methyl sites for hydroxylation is 1. The van der Waals surface area contributed by atoms with E-state index in [1.807, 2.05) is 7.05 Å². The summed E-state index contributed by atoms with van der Waals surface area (Å²) in [5.41, 5.74) is 2.92. The Bertz CT molecular complexity index is 402. The van der Waals surface area contributed by atoms with Crippen LogP contribution in [-0.4, -0.2) is 13.7 Å². The van der Waals surface area contributed by atoms with Crippen molar-refractivity contribution < 1.29 is 4.74 Å². The fourth-order valence-electron chi connectivity index (χ4n) is 3.06. The number of ether oxygens (including phenoxy) is 1. The van der Waals surface area contributed by atoms with Crippen molar-refractivity contribution in [1.29, 1.82) is 0 Å². The van der Waals surface area contributed by atoms with Gasteiger partial charge in [0.1, 0.15) is 5.75 Å². The molecule has 0 aliphatic heterocycles. The van der Waals surface area contributed by atoms with Crippen LogP contribution in [-0.2, 0) is 6.42 Å². The second-order valence-corrected chi connectivity index (χ2v) is 5.86. The molecule has 0 bridgehead atoms. The van der Waals surface area contributed by atoms with Crippen LogP contribution in [0.25, 0.3) is 0 Å². The lowest BCUT2D eigenvalue weighted by Gasteiger charge is -2.11. The average Bonchev–Trinajstić information content (AvgIpc) is 2.88. The van der Waals surface area contributed by atoms with E-state index in [0.717, 1.165) is 12.4 Å². The molecule has 1 N–H and O–H groups in total. The first-order valence-electron chi connectivity index (χ1n) is 8.28. The summed E-state index contributed by atoms with van der Waals surface area (Å²) in [6.07, 6.45) is 10.3. The third-order valence-corrected chi connectivity index (χ3v) is 4.31. The molecule has 0 saturated carbocycles. The zero-order valence-electron chi connectivity index (χ0n) is 13.1. The number of hydrogen-bond donors (Lipinski definition) is 1. The molecule has 0 aromatic heterocycles. The van der Waals surface area contributed by atoms with Crippen molar-refractivity contribution in [3.63, 3.8) is 0 Å². The summed E-state index contributed by atoms with van der Waals surface area (Å²) in [7, 11) is 2.04. The largest absolute Gasteiger partial charge is 0.494 e. The van der Waals surface area contributed by atoms with Gasteiger partial charge in [-0.2, -0.15) is 0 Å². The summed E-state index contributed by atoms with van der Waals surface area (Å²) in [6.45, 7) is 3.12. The highest BCUT2D eigenvalue weighted by Gasteiger charge is 2.20. The lowest BCUT2D eigenvalue weighted by molar-refractivity contribution is 0.304. The number of nitrogens with one attached hydrogen (secondary N) is 1. The van der Waals surface area contributed by atoms with Gasteiger partial charge in [-0.25, -0.2) is 0 Å². The first-order chi connectivity index (χ1) is 9.85. The molecule has 2 heteroatoms. The van der Waals surface area contributed by atoms with E-state index in [2.05, 4.69) is 30.4 Å². The zero-order chi connectivity index (χ0) is 14.2. The maximum atomic E-state index is 5.89. The molecule has 1 aromatic carbocycles. The summed E-state index contributed by atoms with van der Waals surface area (Å²) < 4.78 is 5.89. The fraction of sp³-hybridized carbons (Fsp3) is 0.667. The Kier molecular flexibility index (Phi) is 6.38. The van der Waals surface area contributed by atoms with E-state index in [9.17, 15) is 0 Å². The molecule has 1 aromatic rings. The lowest BCUT2D eigenvalue weighted by atomic mass is 10.1. The van der Waals surface area contributed by atoms with Gasteiger partial charge in [0.05, 0.1) is 6.61 Å². The molecule has 1 unspecified atom stereocenters. The Morgan fingerprint density at radius 3 is 2.75 bits per heavy atom. The average molecular weight is 275 g/mol. The molecule has 0 amide bonds. The number of unbranched alkanes of at least 4 members (excludes halogenated alkanes) is 5. The van der Waals surface area contributed by atoms with Crippen LogP contribution >= 0.6 is 0 Å². The van der Waals surface area contributed by atoms with Crippen LogP contribution in [0.2, 0.25) is 0 Å². The van der Waals surface area contributed by atoms with Crippen LogP contribution in [0.4, 0.5) is 0 Å². The van der Waals surface area contributed by atoms with Gasteiger partial charge >= 0.3 is 0 Å². The maximum Gasteiger partial charge on any atom is 0.119 e. The molecule has 0 fully saturated rings. The van der Waals surface area contributed by atoms with Crippen LogP contribution < -0.4 is 10.1 Å². The van der Waals surface area contributed by atoms with Crippen LogP contribution in [0, 0.1) is 0 Å². The SMILES string of the molecule is CCCCCCCCOc1ccc2c(c1)CCC2NC. The molecule has 2 nitrogen and oxygen atoms in total. The standard InChI is InChI=1S/C18H29NO/c1-3-4-5-6-7-8-13-20-16-10-11-17-15(14-16)9-12-18(17)19-2/h10-11,14,18-19H,3-9,12-13H2,1-2H3. The number of benzene rings is 1. The van der Waals surface area contributed by atoms with Gasteiger partial charge in [-0.3, -0.25) is 0 Å². The van der Waals surface area contributed by atoms with Gasteiger partial charge in [0.25, 0.3) is 0 Å². The monoisotopic (exact) mass is 275 g/mol. The summed E-state index contributed by atoms with van der Waals surface area (Å²) in [5, 5.41) is 3.38. The van der Waals surface area contributed by atoms with Gasteiger partial charge in [0.2, 0.25) is 0 Å². The molecule has 2 rings (SSSR count). The first kappa shape index (κ1) is 15.4. The molecule has 1 aliphatic carbocycles. The minimum absolute atomic E-state index is 0.539. The molecule has 0 spiro atoms. The maximum absolute atomic E-state index is 5.89. The van der Waals surface area contributed by atoms with Gasteiger partial charge in [-0.15, -0.1) is 0 Å². The Balaban J connectivity index is 1.69. The smallest absolute Gasteiger partial charge is 0.119 e. The van der Waals surface area contributed by atoms with E-state index < -0.39 is 0 Å². The highest BCUT2D eigenvalue weighted by atomic mass is 16.5. The molecule has 112 valence electrons. The topological polar surface area (TPSA) is 21.3 Å². The molecule has 0 radical (unpaired) electrons. The summed E-state index contributed by atoms with van der Waals surface area (Å²) >= 11 is 0. The van der Waals surface area contributed by atoms with Crippen molar-refractivity contribution in [3.8, 4) is 5.75 Å². The molecular weight excluding hydrogens is 246 g/mol.